The minimum absolute atomic E-state index is 0.170. The lowest BCUT2D eigenvalue weighted by Gasteiger charge is -2.24. The Morgan fingerprint density at radius 3 is 2.86 bits per heavy atom. The van der Waals surface area contributed by atoms with Crippen molar-refractivity contribution < 1.29 is 8.42 Å². The summed E-state index contributed by atoms with van der Waals surface area (Å²) in [7, 11) is -1.87. The lowest BCUT2D eigenvalue weighted by atomic mass is 9.93. The number of aryl methyl sites for hydroxylation is 3. The Bertz CT molecular complexity index is 868. The van der Waals surface area contributed by atoms with Crippen LogP contribution in [0.3, 0.4) is 0 Å². The minimum Gasteiger partial charge on any atom is -0.268 e. The Hall–Kier alpha value is -1.51. The second-order valence-electron chi connectivity index (χ2n) is 5.50. The van der Waals surface area contributed by atoms with E-state index in [0.717, 1.165) is 16.1 Å². The van der Waals surface area contributed by atoms with Gasteiger partial charge in [-0.15, -0.1) is 11.3 Å². The van der Waals surface area contributed by atoms with Crippen molar-refractivity contribution in [1.82, 2.24) is 14.5 Å². The van der Waals surface area contributed by atoms with Crippen molar-refractivity contribution in [2.75, 3.05) is 0 Å². The van der Waals surface area contributed by atoms with Crippen molar-refractivity contribution in [2.45, 2.75) is 36.4 Å². The van der Waals surface area contributed by atoms with Crippen LogP contribution in [0.1, 0.15) is 22.6 Å². The molecule has 1 N–H and O–H groups in total. The summed E-state index contributed by atoms with van der Waals surface area (Å²) in [6.45, 7) is 1.88. The number of nitrogens with zero attached hydrogens (tertiary/aromatic N) is 2. The molecule has 2 heterocycles. The predicted octanol–water partition coefficient (Wildman–Crippen LogP) is 0.986. The molecule has 22 heavy (non-hydrogen) atoms. The van der Waals surface area contributed by atoms with E-state index in [1.165, 1.54) is 16.0 Å². The molecule has 2 aromatic heterocycles. The lowest BCUT2D eigenvalue weighted by molar-refractivity contribution is 0.493. The molecule has 1 atom stereocenters. The van der Waals surface area contributed by atoms with Gasteiger partial charge >= 0.3 is 0 Å². The van der Waals surface area contributed by atoms with Gasteiger partial charge in [0.2, 0.25) is 10.0 Å². The van der Waals surface area contributed by atoms with Crippen LogP contribution in [0.15, 0.2) is 27.2 Å². The maximum Gasteiger partial charge on any atom is 0.266 e. The summed E-state index contributed by atoms with van der Waals surface area (Å²) < 4.78 is 29.1. The maximum atomic E-state index is 12.4. The van der Waals surface area contributed by atoms with Gasteiger partial charge in [-0.2, -0.15) is 5.10 Å². The molecule has 0 amide bonds. The summed E-state index contributed by atoms with van der Waals surface area (Å²) in [6.07, 6.45) is 1.85. The predicted molar refractivity (Wildman–Crippen MR) is 84.7 cm³/mol. The molecule has 8 heteroatoms. The van der Waals surface area contributed by atoms with Crippen molar-refractivity contribution in [1.29, 1.82) is 0 Å². The summed E-state index contributed by atoms with van der Waals surface area (Å²) in [5, 5.41) is 4.23. The summed E-state index contributed by atoms with van der Waals surface area (Å²) in [5.74, 6) is 0. The van der Waals surface area contributed by atoms with Gasteiger partial charge in [0, 0.05) is 24.0 Å². The van der Waals surface area contributed by atoms with Crippen molar-refractivity contribution in [3.05, 3.63) is 44.7 Å². The first-order valence-corrected chi connectivity index (χ1v) is 9.30. The second-order valence-corrected chi connectivity index (χ2v) is 8.73. The minimum atomic E-state index is -3.50. The third-order valence-electron chi connectivity index (χ3n) is 3.76. The zero-order valence-corrected chi connectivity index (χ0v) is 14.0. The zero-order valence-electron chi connectivity index (χ0n) is 12.4. The SMILES string of the molecule is Cc1ccc(S(=O)(=O)NC2CCc3nn(C)c(=O)cc3C2)s1. The van der Waals surface area contributed by atoms with Crippen LogP contribution in [-0.2, 0) is 29.9 Å². The van der Waals surface area contributed by atoms with Gasteiger partial charge in [-0.1, -0.05) is 0 Å². The number of hydrogen-bond donors (Lipinski definition) is 1. The third kappa shape index (κ3) is 2.99. The highest BCUT2D eigenvalue weighted by atomic mass is 32.2. The molecule has 118 valence electrons. The summed E-state index contributed by atoms with van der Waals surface area (Å²) in [5.41, 5.74) is 1.55. The Balaban J connectivity index is 1.80. The van der Waals surface area contributed by atoms with E-state index in [0.29, 0.717) is 23.5 Å². The molecular formula is C14H17N3O3S2. The highest BCUT2D eigenvalue weighted by molar-refractivity contribution is 7.91. The smallest absolute Gasteiger partial charge is 0.266 e. The monoisotopic (exact) mass is 339 g/mol. The second kappa shape index (κ2) is 5.60. The molecule has 6 nitrogen and oxygen atoms in total. The third-order valence-corrected chi connectivity index (χ3v) is 6.77. The number of hydrogen-bond acceptors (Lipinski definition) is 5. The Morgan fingerprint density at radius 1 is 1.41 bits per heavy atom. The zero-order chi connectivity index (χ0) is 15.9. The number of thiophene rings is 1. The highest BCUT2D eigenvalue weighted by Crippen LogP contribution is 2.23. The van der Waals surface area contributed by atoms with Crippen LogP contribution in [-0.4, -0.2) is 24.2 Å². The van der Waals surface area contributed by atoms with Crippen LogP contribution in [0, 0.1) is 6.92 Å². The molecule has 0 saturated heterocycles. The van der Waals surface area contributed by atoms with Crippen LogP contribution >= 0.6 is 11.3 Å². The van der Waals surface area contributed by atoms with Crippen molar-refractivity contribution in [3.63, 3.8) is 0 Å². The van der Waals surface area contributed by atoms with E-state index in [4.69, 9.17) is 0 Å². The fourth-order valence-corrected chi connectivity index (χ4v) is 5.19. The molecule has 2 aromatic rings. The molecule has 1 unspecified atom stereocenters. The van der Waals surface area contributed by atoms with Crippen molar-refractivity contribution in [2.24, 2.45) is 7.05 Å². The summed E-state index contributed by atoms with van der Waals surface area (Å²) in [6, 6.07) is 4.77. The van der Waals surface area contributed by atoms with Gasteiger partial charge in [-0.3, -0.25) is 4.79 Å². The number of aromatic nitrogens is 2. The van der Waals surface area contributed by atoms with Gasteiger partial charge in [-0.25, -0.2) is 17.8 Å². The van der Waals surface area contributed by atoms with Gasteiger partial charge in [0.1, 0.15) is 4.21 Å². The number of fused-ring (bicyclic) bond motifs is 1. The van der Waals surface area contributed by atoms with E-state index in [1.54, 1.807) is 25.2 Å². The fourth-order valence-electron chi connectivity index (χ4n) is 2.62. The van der Waals surface area contributed by atoms with Crippen LogP contribution in [0.4, 0.5) is 0 Å². The van der Waals surface area contributed by atoms with Gasteiger partial charge in [0.15, 0.2) is 0 Å². The average Bonchev–Trinajstić information content (AvgIpc) is 2.88. The van der Waals surface area contributed by atoms with Crippen LogP contribution in [0.2, 0.25) is 0 Å². The van der Waals surface area contributed by atoms with E-state index in [9.17, 15) is 13.2 Å². The molecule has 0 spiro atoms. The number of sulfonamides is 1. The maximum absolute atomic E-state index is 12.4. The van der Waals surface area contributed by atoms with E-state index in [-0.39, 0.29) is 11.6 Å². The molecule has 1 aliphatic rings. The van der Waals surface area contributed by atoms with Crippen LogP contribution in [0.5, 0.6) is 0 Å². The fraction of sp³-hybridized carbons (Fsp3) is 0.429. The van der Waals surface area contributed by atoms with Crippen molar-refractivity contribution >= 4 is 21.4 Å². The van der Waals surface area contributed by atoms with Crippen LogP contribution < -0.4 is 10.3 Å². The largest absolute Gasteiger partial charge is 0.268 e. The first-order valence-electron chi connectivity index (χ1n) is 7.00. The first kappa shape index (κ1) is 15.4. The van der Waals surface area contributed by atoms with Crippen molar-refractivity contribution in [3.8, 4) is 0 Å². The van der Waals surface area contributed by atoms with Gasteiger partial charge in [0.25, 0.3) is 5.56 Å². The molecule has 0 radical (unpaired) electrons. The van der Waals surface area contributed by atoms with E-state index < -0.39 is 10.0 Å². The molecule has 3 rings (SSSR count). The van der Waals surface area contributed by atoms with E-state index >= 15 is 0 Å². The van der Waals surface area contributed by atoms with Gasteiger partial charge in [0.05, 0.1) is 5.69 Å². The first-order chi connectivity index (χ1) is 10.3. The normalized spacial score (nSPS) is 18.2. The quantitative estimate of drug-likeness (QED) is 0.904. The van der Waals surface area contributed by atoms with E-state index in [1.807, 2.05) is 6.92 Å². The molecule has 0 aromatic carbocycles. The molecular weight excluding hydrogens is 322 g/mol. The average molecular weight is 339 g/mol. The van der Waals surface area contributed by atoms with Gasteiger partial charge < -0.3 is 0 Å². The molecule has 0 bridgehead atoms. The molecule has 0 fully saturated rings. The standard InChI is InChI=1S/C14H17N3O3S2/c1-9-3-6-14(21-9)22(19,20)16-11-4-5-12-10(7-11)8-13(18)17(2)15-12/h3,6,8,11,16H,4-5,7H2,1-2H3. The Kier molecular flexibility index (Phi) is 3.92. The summed E-state index contributed by atoms with van der Waals surface area (Å²) in [4.78, 5) is 12.6. The van der Waals surface area contributed by atoms with Crippen LogP contribution in [0.25, 0.3) is 0 Å². The lowest BCUT2D eigenvalue weighted by Crippen LogP contribution is -2.39. The Labute approximate surface area is 132 Å². The number of nitrogens with one attached hydrogen (secondary N) is 1. The van der Waals surface area contributed by atoms with Gasteiger partial charge in [-0.05, 0) is 43.9 Å². The molecule has 1 aliphatic carbocycles. The van der Waals surface area contributed by atoms with E-state index in [2.05, 4.69) is 9.82 Å². The molecule has 0 aliphatic heterocycles. The molecule has 0 saturated carbocycles. The highest BCUT2D eigenvalue weighted by Gasteiger charge is 2.26. The topological polar surface area (TPSA) is 81.1 Å². The number of rotatable bonds is 3. The Morgan fingerprint density at radius 2 is 2.18 bits per heavy atom. The summed E-state index contributed by atoms with van der Waals surface area (Å²) >= 11 is 1.26.